The summed E-state index contributed by atoms with van der Waals surface area (Å²) in [7, 11) is 0. The van der Waals surface area contributed by atoms with Crippen molar-refractivity contribution in [3.8, 4) is 11.4 Å². The molecule has 3 rings (SSSR count). The minimum absolute atomic E-state index is 0.0684. The van der Waals surface area contributed by atoms with Gasteiger partial charge in [-0.2, -0.15) is 4.80 Å². The summed E-state index contributed by atoms with van der Waals surface area (Å²) in [6.07, 6.45) is 1.88. The molecule has 0 spiro atoms. The van der Waals surface area contributed by atoms with Gasteiger partial charge in [-0.25, -0.2) is 0 Å². The lowest BCUT2D eigenvalue weighted by Gasteiger charge is -2.28. The predicted molar refractivity (Wildman–Crippen MR) is 86.9 cm³/mol. The topological polar surface area (TPSA) is 84.7 Å². The molecule has 1 aliphatic heterocycles. The van der Waals surface area contributed by atoms with E-state index >= 15 is 0 Å². The summed E-state index contributed by atoms with van der Waals surface area (Å²) >= 11 is 5.86. The molecule has 1 fully saturated rings. The van der Waals surface area contributed by atoms with Crippen LogP contribution in [0.4, 0.5) is 0 Å². The molecule has 1 aromatic carbocycles. The lowest BCUT2D eigenvalue weighted by molar-refractivity contribution is -0.123. The Labute approximate surface area is 139 Å². The molecule has 0 saturated carbocycles. The number of carbonyl (C=O) groups is 1. The number of rotatable bonds is 4. The highest BCUT2D eigenvalue weighted by atomic mass is 35.5. The van der Waals surface area contributed by atoms with Gasteiger partial charge in [-0.1, -0.05) is 11.6 Å². The van der Waals surface area contributed by atoms with Crippen LogP contribution >= 0.6 is 11.6 Å². The van der Waals surface area contributed by atoms with Crippen LogP contribution in [0.15, 0.2) is 24.3 Å². The maximum Gasteiger partial charge on any atom is 0.243 e. The summed E-state index contributed by atoms with van der Waals surface area (Å²) in [4.78, 5) is 13.4. The quantitative estimate of drug-likeness (QED) is 0.879. The van der Waals surface area contributed by atoms with E-state index in [1.54, 1.807) is 12.1 Å². The van der Waals surface area contributed by atoms with Crippen molar-refractivity contribution in [2.24, 2.45) is 0 Å². The average molecular weight is 335 g/mol. The Balaban J connectivity index is 1.58. The van der Waals surface area contributed by atoms with Crippen molar-refractivity contribution in [2.75, 3.05) is 6.54 Å². The Kier molecular flexibility index (Phi) is 4.88. The van der Waals surface area contributed by atoms with E-state index < -0.39 is 0 Å². The van der Waals surface area contributed by atoms with Gasteiger partial charge in [-0.3, -0.25) is 4.79 Å². The third-order valence-electron chi connectivity index (χ3n) is 3.83. The first-order valence-corrected chi connectivity index (χ1v) is 8.04. The number of nitrogens with zero attached hydrogens (tertiary/aromatic N) is 4. The van der Waals surface area contributed by atoms with Gasteiger partial charge in [0.2, 0.25) is 11.7 Å². The third kappa shape index (κ3) is 4.27. The van der Waals surface area contributed by atoms with Crippen LogP contribution in [0.1, 0.15) is 19.8 Å². The second-order valence-electron chi connectivity index (χ2n) is 5.79. The van der Waals surface area contributed by atoms with Gasteiger partial charge in [0.05, 0.1) is 0 Å². The summed E-state index contributed by atoms with van der Waals surface area (Å²) in [5.74, 6) is 0.383. The van der Waals surface area contributed by atoms with Gasteiger partial charge in [0.15, 0.2) is 0 Å². The first kappa shape index (κ1) is 15.9. The highest BCUT2D eigenvalue weighted by molar-refractivity contribution is 6.30. The van der Waals surface area contributed by atoms with Gasteiger partial charge in [-0.05, 0) is 55.8 Å². The molecular weight excluding hydrogens is 316 g/mol. The van der Waals surface area contributed by atoms with Crippen molar-refractivity contribution >= 4 is 17.5 Å². The highest BCUT2D eigenvalue weighted by Crippen LogP contribution is 2.16. The van der Waals surface area contributed by atoms with Crippen molar-refractivity contribution < 1.29 is 4.79 Å². The predicted octanol–water partition coefficient (Wildman–Crippen LogP) is 1.25. The standard InChI is InChI=1S/C15H19ClN6O/c1-10-8-13(6-7-17-10)18-14(23)9-22-20-15(19-21-22)11-2-4-12(16)5-3-11/h2-5,10,13,17H,6-9H2,1H3,(H,18,23). The van der Waals surface area contributed by atoms with Crippen LogP contribution in [0.3, 0.4) is 0 Å². The number of hydrogen-bond acceptors (Lipinski definition) is 5. The van der Waals surface area contributed by atoms with Crippen molar-refractivity contribution in [3.05, 3.63) is 29.3 Å². The van der Waals surface area contributed by atoms with Crippen molar-refractivity contribution in [3.63, 3.8) is 0 Å². The largest absolute Gasteiger partial charge is 0.352 e. The van der Waals surface area contributed by atoms with Crippen molar-refractivity contribution in [2.45, 2.75) is 38.4 Å². The molecule has 2 heterocycles. The fourth-order valence-corrected chi connectivity index (χ4v) is 2.82. The smallest absolute Gasteiger partial charge is 0.243 e. The molecule has 2 N–H and O–H groups in total. The lowest BCUT2D eigenvalue weighted by atomic mass is 10.0. The number of tetrazole rings is 1. The molecule has 1 amide bonds. The number of amides is 1. The minimum atomic E-state index is -0.0934. The van der Waals surface area contributed by atoms with Crippen LogP contribution < -0.4 is 10.6 Å². The molecule has 0 bridgehead atoms. The number of carbonyl (C=O) groups excluding carboxylic acids is 1. The summed E-state index contributed by atoms with van der Waals surface area (Å²) in [5, 5.41) is 19.2. The first-order valence-electron chi connectivity index (χ1n) is 7.66. The zero-order chi connectivity index (χ0) is 16.2. The van der Waals surface area contributed by atoms with E-state index in [9.17, 15) is 4.79 Å². The molecule has 2 unspecified atom stereocenters. The second kappa shape index (κ2) is 7.06. The number of hydrogen-bond donors (Lipinski definition) is 2. The monoisotopic (exact) mass is 334 g/mol. The zero-order valence-corrected chi connectivity index (χ0v) is 13.6. The van der Waals surface area contributed by atoms with Crippen LogP contribution in [0.2, 0.25) is 5.02 Å². The maximum absolute atomic E-state index is 12.1. The van der Waals surface area contributed by atoms with Gasteiger partial charge in [0.1, 0.15) is 6.54 Å². The Hall–Kier alpha value is -1.99. The fraction of sp³-hybridized carbons (Fsp3) is 0.467. The Morgan fingerprint density at radius 2 is 2.22 bits per heavy atom. The molecule has 122 valence electrons. The van der Waals surface area contributed by atoms with Crippen LogP contribution in [0.25, 0.3) is 11.4 Å². The molecule has 2 aromatic rings. The molecule has 1 saturated heterocycles. The van der Waals surface area contributed by atoms with Crippen LogP contribution in [0.5, 0.6) is 0 Å². The van der Waals surface area contributed by atoms with Crippen LogP contribution in [0, 0.1) is 0 Å². The number of halogens is 1. The van der Waals surface area contributed by atoms with Crippen LogP contribution in [-0.4, -0.2) is 44.7 Å². The fourth-order valence-electron chi connectivity index (χ4n) is 2.69. The summed E-state index contributed by atoms with van der Waals surface area (Å²) in [6, 6.07) is 7.80. The van der Waals surface area contributed by atoms with Crippen LogP contribution in [-0.2, 0) is 11.3 Å². The summed E-state index contributed by atoms with van der Waals surface area (Å²) in [5.41, 5.74) is 0.813. The Bertz CT molecular complexity index is 671. The van der Waals surface area contributed by atoms with E-state index in [0.717, 1.165) is 24.9 Å². The van der Waals surface area contributed by atoms with Gasteiger partial charge in [-0.15, -0.1) is 10.2 Å². The zero-order valence-electron chi connectivity index (χ0n) is 12.9. The number of nitrogens with one attached hydrogen (secondary N) is 2. The van der Waals surface area contributed by atoms with Crippen molar-refractivity contribution in [1.29, 1.82) is 0 Å². The highest BCUT2D eigenvalue weighted by Gasteiger charge is 2.20. The minimum Gasteiger partial charge on any atom is -0.352 e. The molecule has 1 aromatic heterocycles. The van der Waals surface area contributed by atoms with E-state index in [1.165, 1.54) is 4.80 Å². The molecule has 1 aliphatic rings. The number of benzene rings is 1. The van der Waals surface area contributed by atoms with Gasteiger partial charge in [0, 0.05) is 22.7 Å². The molecule has 0 radical (unpaired) electrons. The van der Waals surface area contributed by atoms with Crippen molar-refractivity contribution in [1.82, 2.24) is 30.8 Å². The molecule has 7 nitrogen and oxygen atoms in total. The maximum atomic E-state index is 12.1. The molecule has 8 heteroatoms. The van der Waals surface area contributed by atoms with E-state index in [-0.39, 0.29) is 18.5 Å². The first-order chi connectivity index (χ1) is 11.1. The summed E-state index contributed by atoms with van der Waals surface area (Å²) < 4.78 is 0. The van der Waals surface area contributed by atoms with Gasteiger partial charge < -0.3 is 10.6 Å². The lowest BCUT2D eigenvalue weighted by Crippen LogP contribution is -2.47. The number of piperidine rings is 1. The normalized spacial score (nSPS) is 21.1. The average Bonchev–Trinajstić information content (AvgIpc) is 2.96. The SMILES string of the molecule is CC1CC(NC(=O)Cn2nnc(-c3ccc(Cl)cc3)n2)CCN1. The summed E-state index contributed by atoms with van der Waals surface area (Å²) in [6.45, 7) is 3.11. The number of aromatic nitrogens is 4. The Morgan fingerprint density at radius 1 is 1.43 bits per heavy atom. The van der Waals surface area contributed by atoms with E-state index in [1.807, 2.05) is 12.1 Å². The van der Waals surface area contributed by atoms with Gasteiger partial charge >= 0.3 is 0 Å². The van der Waals surface area contributed by atoms with E-state index in [4.69, 9.17) is 11.6 Å². The molecular formula is C15H19ClN6O. The second-order valence-corrected chi connectivity index (χ2v) is 6.23. The Morgan fingerprint density at radius 3 is 2.96 bits per heavy atom. The molecule has 2 atom stereocenters. The third-order valence-corrected chi connectivity index (χ3v) is 4.08. The van der Waals surface area contributed by atoms with E-state index in [0.29, 0.717) is 16.9 Å². The molecule has 23 heavy (non-hydrogen) atoms. The van der Waals surface area contributed by atoms with E-state index in [2.05, 4.69) is 33.0 Å². The molecule has 0 aliphatic carbocycles. The van der Waals surface area contributed by atoms with Gasteiger partial charge in [0.25, 0.3) is 0 Å².